The minimum Gasteiger partial charge on any atom is -0.354 e. The van der Waals surface area contributed by atoms with Gasteiger partial charge in [0.15, 0.2) is 5.75 Å². The van der Waals surface area contributed by atoms with Gasteiger partial charge in [-0.2, -0.15) is 13.2 Å². The first-order valence-corrected chi connectivity index (χ1v) is 10.2. The van der Waals surface area contributed by atoms with Crippen molar-refractivity contribution in [2.24, 2.45) is 0 Å². The smallest absolute Gasteiger partial charge is 0.354 e. The van der Waals surface area contributed by atoms with E-state index in [0.29, 0.717) is 35.8 Å². The fourth-order valence-electron chi connectivity index (χ4n) is 3.51. The van der Waals surface area contributed by atoms with E-state index >= 15 is 0 Å². The Balaban J connectivity index is 1.64. The molecule has 0 saturated carbocycles. The number of H-pyrrole nitrogens is 1. The lowest BCUT2D eigenvalue weighted by atomic mass is 10.2. The summed E-state index contributed by atoms with van der Waals surface area (Å²) in [6, 6.07) is 1.23. The van der Waals surface area contributed by atoms with Gasteiger partial charge >= 0.3 is 6.18 Å². The van der Waals surface area contributed by atoms with Crippen LogP contribution in [0.5, 0.6) is 0 Å². The lowest BCUT2D eigenvalue weighted by molar-refractivity contribution is -0.106. The lowest BCUT2D eigenvalue weighted by Gasteiger charge is -2.20. The monoisotopic (exact) mass is 414 g/mol. The molecule has 0 spiro atoms. The molecular formula is C16H17F3N6O2S. The average Bonchev–Trinajstić information content (AvgIpc) is 3.19. The van der Waals surface area contributed by atoms with Gasteiger partial charge in [-0.25, -0.2) is 28.1 Å². The van der Waals surface area contributed by atoms with Crippen LogP contribution >= 0.6 is 0 Å². The highest BCUT2D eigenvalue weighted by Gasteiger charge is 2.37. The van der Waals surface area contributed by atoms with Crippen molar-refractivity contribution in [3.63, 3.8) is 0 Å². The number of alkyl halides is 3. The predicted molar refractivity (Wildman–Crippen MR) is 97.5 cm³/mol. The van der Waals surface area contributed by atoms with Crippen LogP contribution in [0.3, 0.4) is 0 Å². The van der Waals surface area contributed by atoms with Gasteiger partial charge in [-0.3, -0.25) is 0 Å². The zero-order valence-electron chi connectivity index (χ0n) is 14.8. The molecule has 1 fully saturated rings. The van der Waals surface area contributed by atoms with Crippen LogP contribution in [0.2, 0.25) is 0 Å². The van der Waals surface area contributed by atoms with Crippen molar-refractivity contribution >= 4 is 37.8 Å². The Bertz CT molecular complexity index is 1140. The molecule has 1 aliphatic rings. The van der Waals surface area contributed by atoms with Crippen molar-refractivity contribution in [1.29, 1.82) is 0 Å². The van der Waals surface area contributed by atoms with Gasteiger partial charge in [0.25, 0.3) is 0 Å². The number of nitrogens with one attached hydrogen (secondary N) is 2. The topological polar surface area (TPSA) is 104 Å². The summed E-state index contributed by atoms with van der Waals surface area (Å²) in [5, 5.41) is 1.60. The van der Waals surface area contributed by atoms with Crippen LogP contribution in [-0.4, -0.2) is 59.4 Å². The summed E-state index contributed by atoms with van der Waals surface area (Å²) in [6.45, 7) is 2.42. The minimum absolute atomic E-state index is 0.219. The molecule has 0 radical (unpaired) electrons. The van der Waals surface area contributed by atoms with Gasteiger partial charge in [-0.15, -0.1) is 0 Å². The fraction of sp³-hybridized carbons (Fsp3) is 0.438. The Labute approximate surface area is 158 Å². The molecule has 0 aromatic carbocycles. The summed E-state index contributed by atoms with van der Waals surface area (Å²) in [4.78, 5) is 18.1. The maximum atomic E-state index is 12.4. The Morgan fingerprint density at radius 1 is 1.36 bits per heavy atom. The number of rotatable bonds is 4. The summed E-state index contributed by atoms with van der Waals surface area (Å²) in [7, 11) is -4.45. The molecule has 0 aliphatic carbocycles. The van der Waals surface area contributed by atoms with Crippen LogP contribution in [0, 0.1) is 6.92 Å². The van der Waals surface area contributed by atoms with E-state index in [1.807, 2.05) is 11.0 Å². The number of fused-ring (bicyclic) bond motifs is 3. The zero-order valence-corrected chi connectivity index (χ0v) is 15.6. The van der Waals surface area contributed by atoms with Crippen LogP contribution in [0.1, 0.15) is 12.2 Å². The Hall–Kier alpha value is -2.47. The highest BCUT2D eigenvalue weighted by Crippen LogP contribution is 2.32. The molecule has 4 heterocycles. The fourth-order valence-corrected chi connectivity index (χ4v) is 4.73. The maximum Gasteiger partial charge on any atom is 0.404 e. The SMILES string of the molecule is Cc1nc(N2CCC(NS(=O)(=O)CC(F)(F)F)C2)c2c(cnc3[nH]ccc32)n1. The molecule has 1 saturated heterocycles. The van der Waals surface area contributed by atoms with E-state index in [9.17, 15) is 21.6 Å². The van der Waals surface area contributed by atoms with Crippen molar-refractivity contribution in [3.8, 4) is 0 Å². The molecule has 1 unspecified atom stereocenters. The zero-order chi connectivity index (χ0) is 20.1. The molecule has 2 N–H and O–H groups in total. The number of anilines is 1. The Morgan fingerprint density at radius 3 is 2.89 bits per heavy atom. The molecule has 1 aliphatic heterocycles. The van der Waals surface area contributed by atoms with Crippen LogP contribution in [0.15, 0.2) is 18.5 Å². The lowest BCUT2D eigenvalue weighted by Crippen LogP contribution is -2.41. The third-order valence-electron chi connectivity index (χ3n) is 4.53. The molecule has 150 valence electrons. The summed E-state index contributed by atoms with van der Waals surface area (Å²) in [5.74, 6) is -0.742. The second-order valence-corrected chi connectivity index (χ2v) is 8.53. The molecular weight excluding hydrogens is 397 g/mol. The highest BCUT2D eigenvalue weighted by atomic mass is 32.2. The second kappa shape index (κ2) is 6.55. The Morgan fingerprint density at radius 2 is 2.14 bits per heavy atom. The number of sulfonamides is 1. The van der Waals surface area contributed by atoms with Gasteiger partial charge in [0.05, 0.1) is 17.1 Å². The summed E-state index contributed by atoms with van der Waals surface area (Å²) < 4.78 is 63.0. The van der Waals surface area contributed by atoms with E-state index in [-0.39, 0.29) is 6.54 Å². The standard InChI is InChI=1S/C16H17F3N6O2S/c1-9-22-12-6-21-14-11(2-4-20-14)13(12)15(23-9)25-5-3-10(7-25)24-28(26,27)8-16(17,18)19/h2,4,6,10,24H,3,5,7-8H2,1H3,(H,20,21). The van der Waals surface area contributed by atoms with Gasteiger partial charge in [-0.1, -0.05) is 0 Å². The molecule has 12 heteroatoms. The third-order valence-corrected chi connectivity index (χ3v) is 5.93. The summed E-state index contributed by atoms with van der Waals surface area (Å²) in [6.07, 6.45) is -1.02. The molecule has 1 atom stereocenters. The molecule has 28 heavy (non-hydrogen) atoms. The van der Waals surface area contributed by atoms with Crippen LogP contribution in [-0.2, 0) is 10.0 Å². The van der Waals surface area contributed by atoms with Gasteiger partial charge < -0.3 is 9.88 Å². The van der Waals surface area contributed by atoms with Crippen LogP contribution < -0.4 is 9.62 Å². The number of halogens is 3. The number of aromatic amines is 1. The highest BCUT2D eigenvalue weighted by molar-refractivity contribution is 7.89. The first-order valence-electron chi connectivity index (χ1n) is 8.53. The number of nitrogens with zero attached hydrogens (tertiary/aromatic N) is 4. The number of pyridine rings is 1. The van der Waals surface area contributed by atoms with Crippen molar-refractivity contribution in [1.82, 2.24) is 24.7 Å². The van der Waals surface area contributed by atoms with Gasteiger partial charge in [0, 0.05) is 30.7 Å². The molecule has 0 amide bonds. The summed E-state index contributed by atoms with van der Waals surface area (Å²) in [5.41, 5.74) is 1.32. The second-order valence-electron chi connectivity index (χ2n) is 6.78. The Kier molecular flexibility index (Phi) is 4.42. The summed E-state index contributed by atoms with van der Waals surface area (Å²) >= 11 is 0. The quantitative estimate of drug-likeness (QED) is 0.676. The van der Waals surface area contributed by atoms with Gasteiger partial charge in [-0.05, 0) is 19.4 Å². The first-order chi connectivity index (χ1) is 13.1. The number of hydrogen-bond donors (Lipinski definition) is 2. The minimum atomic E-state index is -4.78. The van der Waals surface area contributed by atoms with E-state index in [0.717, 1.165) is 10.8 Å². The largest absolute Gasteiger partial charge is 0.404 e. The van der Waals surface area contributed by atoms with E-state index in [4.69, 9.17) is 0 Å². The molecule has 8 nitrogen and oxygen atoms in total. The van der Waals surface area contributed by atoms with Crippen molar-refractivity contribution < 1.29 is 21.6 Å². The predicted octanol–water partition coefficient (Wildman–Crippen LogP) is 1.87. The van der Waals surface area contributed by atoms with E-state index < -0.39 is 28.0 Å². The van der Waals surface area contributed by atoms with Crippen molar-refractivity contribution in [3.05, 3.63) is 24.3 Å². The van der Waals surface area contributed by atoms with E-state index in [1.54, 1.807) is 19.3 Å². The number of aryl methyl sites for hydroxylation is 1. The number of hydrogen-bond acceptors (Lipinski definition) is 6. The van der Waals surface area contributed by atoms with Gasteiger partial charge in [0.2, 0.25) is 10.0 Å². The maximum absolute atomic E-state index is 12.4. The van der Waals surface area contributed by atoms with E-state index in [1.165, 1.54) is 0 Å². The van der Waals surface area contributed by atoms with Crippen molar-refractivity contribution in [2.75, 3.05) is 23.7 Å². The first kappa shape index (κ1) is 18.9. The molecule has 0 bridgehead atoms. The van der Waals surface area contributed by atoms with Gasteiger partial charge in [0.1, 0.15) is 17.3 Å². The van der Waals surface area contributed by atoms with Crippen molar-refractivity contribution in [2.45, 2.75) is 25.6 Å². The van der Waals surface area contributed by atoms with Crippen LogP contribution in [0.4, 0.5) is 19.0 Å². The third kappa shape index (κ3) is 3.74. The molecule has 3 aromatic rings. The number of aromatic nitrogens is 4. The average molecular weight is 414 g/mol. The molecule has 3 aromatic heterocycles. The molecule has 4 rings (SSSR count). The van der Waals surface area contributed by atoms with E-state index in [2.05, 4.69) is 24.7 Å². The normalized spacial score (nSPS) is 18.4. The van der Waals surface area contributed by atoms with Crippen LogP contribution in [0.25, 0.3) is 21.9 Å².